The van der Waals surface area contributed by atoms with Crippen LogP contribution in [-0.2, 0) is 9.47 Å². The van der Waals surface area contributed by atoms with Crippen LogP contribution < -0.4 is 4.90 Å². The van der Waals surface area contributed by atoms with E-state index in [9.17, 15) is 9.90 Å². The van der Waals surface area contributed by atoms with E-state index in [1.54, 1.807) is 13.2 Å². The SMILES string of the molecule is COCC1CN(c2noc3cc(O)ccc23)C(=O)O1. The van der Waals surface area contributed by atoms with E-state index in [0.717, 1.165) is 0 Å². The molecule has 1 unspecified atom stereocenters. The molecule has 1 atom stereocenters. The number of carbonyl (C=O) groups excluding carboxylic acids is 1. The topological polar surface area (TPSA) is 85.0 Å². The van der Waals surface area contributed by atoms with Crippen LogP contribution in [0.1, 0.15) is 0 Å². The molecule has 1 saturated heterocycles. The predicted molar refractivity (Wildman–Crippen MR) is 65.2 cm³/mol. The second-order valence-electron chi connectivity index (χ2n) is 4.26. The van der Waals surface area contributed by atoms with E-state index in [2.05, 4.69) is 5.16 Å². The van der Waals surface area contributed by atoms with Gasteiger partial charge in [-0.05, 0) is 12.1 Å². The minimum atomic E-state index is -0.481. The summed E-state index contributed by atoms with van der Waals surface area (Å²) in [4.78, 5) is 13.2. The lowest BCUT2D eigenvalue weighted by Gasteiger charge is -2.08. The average Bonchev–Trinajstić information content (AvgIpc) is 2.93. The van der Waals surface area contributed by atoms with Crippen molar-refractivity contribution in [1.82, 2.24) is 5.16 Å². The molecule has 0 spiro atoms. The zero-order valence-corrected chi connectivity index (χ0v) is 10.2. The van der Waals surface area contributed by atoms with Gasteiger partial charge in [0.05, 0.1) is 18.5 Å². The van der Waals surface area contributed by atoms with Crippen LogP contribution in [0.2, 0.25) is 0 Å². The molecule has 1 aliphatic rings. The molecule has 0 bridgehead atoms. The first-order valence-electron chi connectivity index (χ1n) is 5.74. The monoisotopic (exact) mass is 264 g/mol. The Morgan fingerprint density at radius 2 is 2.42 bits per heavy atom. The molecule has 2 heterocycles. The van der Waals surface area contributed by atoms with Gasteiger partial charge in [0, 0.05) is 13.2 Å². The number of hydrogen-bond acceptors (Lipinski definition) is 6. The lowest BCUT2D eigenvalue weighted by Crippen LogP contribution is -2.26. The van der Waals surface area contributed by atoms with Crippen molar-refractivity contribution >= 4 is 22.9 Å². The summed E-state index contributed by atoms with van der Waals surface area (Å²) in [5, 5.41) is 13.9. The fourth-order valence-electron chi connectivity index (χ4n) is 2.07. The number of methoxy groups -OCH3 is 1. The van der Waals surface area contributed by atoms with Crippen molar-refractivity contribution in [1.29, 1.82) is 0 Å². The molecule has 0 saturated carbocycles. The number of amides is 1. The van der Waals surface area contributed by atoms with Gasteiger partial charge in [-0.3, -0.25) is 4.90 Å². The van der Waals surface area contributed by atoms with Crippen LogP contribution >= 0.6 is 0 Å². The first kappa shape index (κ1) is 11.8. The molecule has 2 aromatic rings. The molecule has 100 valence electrons. The van der Waals surface area contributed by atoms with Crippen molar-refractivity contribution in [2.24, 2.45) is 0 Å². The van der Waals surface area contributed by atoms with Gasteiger partial charge in [-0.15, -0.1) is 0 Å². The largest absolute Gasteiger partial charge is 0.508 e. The summed E-state index contributed by atoms with van der Waals surface area (Å²) in [6, 6.07) is 4.60. The highest BCUT2D eigenvalue weighted by atomic mass is 16.6. The molecule has 0 aliphatic carbocycles. The van der Waals surface area contributed by atoms with Gasteiger partial charge in [-0.1, -0.05) is 5.16 Å². The Morgan fingerprint density at radius 1 is 1.58 bits per heavy atom. The van der Waals surface area contributed by atoms with Crippen molar-refractivity contribution < 1.29 is 23.9 Å². The van der Waals surface area contributed by atoms with Gasteiger partial charge in [0.25, 0.3) is 0 Å². The van der Waals surface area contributed by atoms with Gasteiger partial charge < -0.3 is 19.1 Å². The van der Waals surface area contributed by atoms with Crippen LogP contribution in [0, 0.1) is 0 Å². The molecule has 1 aliphatic heterocycles. The molecule has 1 aromatic heterocycles. The second kappa shape index (κ2) is 4.43. The zero-order chi connectivity index (χ0) is 13.4. The van der Waals surface area contributed by atoms with Gasteiger partial charge in [0.2, 0.25) is 0 Å². The fraction of sp³-hybridized carbons (Fsp3) is 0.333. The lowest BCUT2D eigenvalue weighted by atomic mass is 10.2. The normalized spacial score (nSPS) is 19.1. The number of rotatable bonds is 3. The van der Waals surface area contributed by atoms with Crippen molar-refractivity contribution in [3.8, 4) is 5.75 Å². The zero-order valence-electron chi connectivity index (χ0n) is 10.2. The van der Waals surface area contributed by atoms with Crippen molar-refractivity contribution in [3.63, 3.8) is 0 Å². The number of phenols is 1. The third-order valence-corrected chi connectivity index (χ3v) is 2.92. The minimum Gasteiger partial charge on any atom is -0.508 e. The molecule has 3 rings (SSSR count). The number of anilines is 1. The highest BCUT2D eigenvalue weighted by molar-refractivity contribution is 5.99. The summed E-state index contributed by atoms with van der Waals surface area (Å²) in [6.45, 7) is 0.688. The molecular weight excluding hydrogens is 252 g/mol. The molecule has 1 N–H and O–H groups in total. The van der Waals surface area contributed by atoms with Crippen molar-refractivity contribution in [3.05, 3.63) is 18.2 Å². The Labute approximate surface area is 108 Å². The molecule has 1 amide bonds. The van der Waals surface area contributed by atoms with Crippen LogP contribution in [0.4, 0.5) is 10.6 Å². The summed E-state index contributed by atoms with van der Waals surface area (Å²) in [6.07, 6.45) is -0.799. The number of phenolic OH excluding ortho intramolecular Hbond substituents is 1. The van der Waals surface area contributed by atoms with Gasteiger partial charge in [-0.2, -0.15) is 0 Å². The molecule has 7 nitrogen and oxygen atoms in total. The third kappa shape index (κ3) is 1.97. The Bertz CT molecular complexity index is 624. The van der Waals surface area contributed by atoms with Gasteiger partial charge in [0.15, 0.2) is 11.4 Å². The lowest BCUT2D eigenvalue weighted by molar-refractivity contribution is 0.0718. The van der Waals surface area contributed by atoms with Crippen LogP contribution in [0.3, 0.4) is 0 Å². The van der Waals surface area contributed by atoms with Crippen LogP contribution in [0.25, 0.3) is 11.0 Å². The highest BCUT2D eigenvalue weighted by Gasteiger charge is 2.35. The van der Waals surface area contributed by atoms with Crippen LogP contribution in [0.15, 0.2) is 22.7 Å². The molecule has 7 heteroatoms. The number of cyclic esters (lactones) is 1. The maximum Gasteiger partial charge on any atom is 0.416 e. The standard InChI is InChI=1S/C12H12N2O5/c1-17-6-8-5-14(12(16)18-8)11-9-3-2-7(15)4-10(9)19-13-11/h2-4,8,15H,5-6H2,1H3. The molecule has 19 heavy (non-hydrogen) atoms. The van der Waals surface area contributed by atoms with Crippen molar-refractivity contribution in [2.45, 2.75) is 6.10 Å². The summed E-state index contributed by atoms with van der Waals surface area (Å²) in [5.41, 5.74) is 0.415. The number of nitrogens with zero attached hydrogens (tertiary/aromatic N) is 2. The number of benzene rings is 1. The van der Waals surface area contributed by atoms with Gasteiger partial charge >= 0.3 is 6.09 Å². The van der Waals surface area contributed by atoms with Crippen LogP contribution in [-0.4, -0.2) is 42.7 Å². The highest BCUT2D eigenvalue weighted by Crippen LogP contribution is 2.31. The Kier molecular flexibility index (Phi) is 2.75. The number of hydrogen-bond donors (Lipinski definition) is 1. The van der Waals surface area contributed by atoms with Gasteiger partial charge in [0.1, 0.15) is 11.9 Å². The van der Waals surface area contributed by atoms with Crippen molar-refractivity contribution in [2.75, 3.05) is 25.2 Å². The predicted octanol–water partition coefficient (Wildman–Crippen LogP) is 1.50. The van der Waals surface area contributed by atoms with E-state index in [1.165, 1.54) is 17.0 Å². The number of carbonyl (C=O) groups is 1. The first-order chi connectivity index (χ1) is 9.19. The smallest absolute Gasteiger partial charge is 0.416 e. The van der Waals surface area contributed by atoms with E-state index in [-0.39, 0.29) is 11.9 Å². The maximum atomic E-state index is 11.8. The van der Waals surface area contributed by atoms with E-state index in [0.29, 0.717) is 29.9 Å². The Balaban J connectivity index is 1.94. The Morgan fingerprint density at radius 3 is 3.21 bits per heavy atom. The summed E-state index contributed by atoms with van der Waals surface area (Å²) in [7, 11) is 1.55. The maximum absolute atomic E-state index is 11.8. The van der Waals surface area contributed by atoms with E-state index < -0.39 is 6.09 Å². The third-order valence-electron chi connectivity index (χ3n) is 2.92. The molecule has 1 fully saturated rings. The molecular formula is C12H12N2O5. The van der Waals surface area contributed by atoms with E-state index in [1.807, 2.05) is 0 Å². The number of aromatic nitrogens is 1. The summed E-state index contributed by atoms with van der Waals surface area (Å²) < 4.78 is 15.2. The van der Waals surface area contributed by atoms with Gasteiger partial charge in [-0.25, -0.2) is 4.79 Å². The Hall–Kier alpha value is -2.28. The fourth-order valence-corrected chi connectivity index (χ4v) is 2.07. The molecule has 1 aromatic carbocycles. The second-order valence-corrected chi connectivity index (χ2v) is 4.26. The van der Waals surface area contributed by atoms with Crippen LogP contribution in [0.5, 0.6) is 5.75 Å². The summed E-state index contributed by atoms with van der Waals surface area (Å²) in [5.74, 6) is 0.468. The van der Waals surface area contributed by atoms with E-state index in [4.69, 9.17) is 14.0 Å². The molecule has 0 radical (unpaired) electrons. The summed E-state index contributed by atoms with van der Waals surface area (Å²) >= 11 is 0. The minimum absolute atomic E-state index is 0.0801. The average molecular weight is 264 g/mol. The number of aromatic hydroxyl groups is 1. The van der Waals surface area contributed by atoms with E-state index >= 15 is 0 Å². The number of fused-ring (bicyclic) bond motifs is 1. The quantitative estimate of drug-likeness (QED) is 0.904. The first-order valence-corrected chi connectivity index (χ1v) is 5.74. The number of ether oxygens (including phenoxy) is 2.